The first kappa shape index (κ1) is 16.7. The molecule has 6 N–H and O–H groups in total. The zero-order valence-corrected chi connectivity index (χ0v) is 9.70. The van der Waals surface area contributed by atoms with Crippen LogP contribution in [0.25, 0.3) is 0 Å². The van der Waals surface area contributed by atoms with Crippen molar-refractivity contribution in [2.45, 2.75) is 24.4 Å². The molecule has 0 amide bonds. The van der Waals surface area contributed by atoms with Gasteiger partial charge in [-0.05, 0) is 0 Å². The maximum atomic E-state index is 10.0. The van der Waals surface area contributed by atoms with Gasteiger partial charge in [-0.2, -0.15) is 0 Å². The minimum absolute atomic E-state index is 0. The minimum atomic E-state index is -2.25. The smallest absolute Gasteiger partial charge is 0.547 e. The molecule has 0 fully saturated rings. The Hall–Kier alpha value is 0.270. The molecule has 0 radical (unpaired) electrons. The van der Waals surface area contributed by atoms with Crippen molar-refractivity contribution in [3.8, 4) is 0 Å². The summed E-state index contributed by atoms with van der Waals surface area (Å²) in [7, 11) is 0. The van der Waals surface area contributed by atoms with Crippen LogP contribution in [0.5, 0.6) is 0 Å². The summed E-state index contributed by atoms with van der Waals surface area (Å²) in [6.45, 7) is -0.363. The Labute approximate surface area is 102 Å². The van der Waals surface area contributed by atoms with Crippen LogP contribution in [0.2, 0.25) is 0 Å². The first-order chi connectivity index (χ1) is 5.91. The summed E-state index contributed by atoms with van der Waals surface area (Å²) in [6.07, 6.45) is -7.60. The maximum Gasteiger partial charge on any atom is 1.00 e. The van der Waals surface area contributed by atoms with Gasteiger partial charge >= 0.3 is 29.6 Å². The summed E-state index contributed by atoms with van der Waals surface area (Å²) in [5, 5.41) is 45.5. The van der Waals surface area contributed by atoms with Crippen LogP contribution in [0.15, 0.2) is 0 Å². The third-order valence-electron chi connectivity index (χ3n) is 1.55. The van der Waals surface area contributed by atoms with E-state index in [2.05, 4.69) is 0 Å². The van der Waals surface area contributed by atoms with Crippen LogP contribution in [0.3, 0.4) is 0 Å². The van der Waals surface area contributed by atoms with Crippen LogP contribution in [-0.4, -0.2) is 57.4 Å². The summed E-state index contributed by atoms with van der Waals surface area (Å²) < 4.78 is 0. The monoisotopic (exact) mass is 217 g/mol. The second-order valence-electron chi connectivity index (χ2n) is 2.55. The van der Waals surface area contributed by atoms with E-state index < -0.39 is 30.4 Å². The predicted octanol–water partition coefficient (Wildman–Crippen LogP) is -7.86. The second-order valence-corrected chi connectivity index (χ2v) is 2.55. The number of aliphatic carboxylic acids is 1. The summed E-state index contributed by atoms with van der Waals surface area (Å²) in [6, 6.07) is 0. The van der Waals surface area contributed by atoms with Crippen molar-refractivity contribution < 1.29 is 59.9 Å². The van der Waals surface area contributed by atoms with Gasteiger partial charge in [-0.3, -0.25) is 0 Å². The Balaban J connectivity index is 0. The third kappa shape index (κ3) is 4.67. The number of carboxylic acids is 1. The van der Waals surface area contributed by atoms with Gasteiger partial charge in [0, 0.05) is 6.54 Å². The number of hydrogen-bond acceptors (Lipinski definition) is 7. The Morgan fingerprint density at radius 3 is 1.93 bits per heavy atom. The van der Waals surface area contributed by atoms with Crippen molar-refractivity contribution in [2.75, 3.05) is 6.54 Å². The SMILES string of the molecule is NC[C@@H](O)[C@@H](O)[C@H](O)[C@@H](O)C(=O)[O-].[Na+]. The van der Waals surface area contributed by atoms with E-state index in [1.165, 1.54) is 0 Å². The maximum absolute atomic E-state index is 10.0. The summed E-state index contributed by atoms with van der Waals surface area (Å²) in [5.41, 5.74) is 4.92. The average Bonchev–Trinajstić information content (AvgIpc) is 2.12. The Kier molecular flexibility index (Phi) is 9.00. The van der Waals surface area contributed by atoms with Gasteiger partial charge in [-0.25, -0.2) is 0 Å². The number of aliphatic hydroxyl groups is 4. The van der Waals surface area contributed by atoms with Crippen molar-refractivity contribution in [3.05, 3.63) is 0 Å². The summed E-state index contributed by atoms with van der Waals surface area (Å²) in [4.78, 5) is 10.0. The van der Waals surface area contributed by atoms with Crippen LogP contribution in [0.1, 0.15) is 0 Å². The molecular weight excluding hydrogens is 205 g/mol. The average molecular weight is 217 g/mol. The molecule has 4 atom stereocenters. The number of carbonyl (C=O) groups is 1. The van der Waals surface area contributed by atoms with E-state index in [1.807, 2.05) is 0 Å². The van der Waals surface area contributed by atoms with Crippen molar-refractivity contribution >= 4 is 5.97 Å². The van der Waals surface area contributed by atoms with Gasteiger partial charge in [0.1, 0.15) is 18.3 Å². The first-order valence-electron chi connectivity index (χ1n) is 3.55. The van der Waals surface area contributed by atoms with Crippen molar-refractivity contribution in [2.24, 2.45) is 5.73 Å². The van der Waals surface area contributed by atoms with Gasteiger partial charge < -0.3 is 36.1 Å². The molecule has 0 unspecified atom stereocenters. The molecule has 7 nitrogen and oxygen atoms in total. The number of carboxylic acid groups (broad SMARTS) is 1. The van der Waals surface area contributed by atoms with Gasteiger partial charge in [0.2, 0.25) is 0 Å². The Morgan fingerprint density at radius 2 is 1.64 bits per heavy atom. The van der Waals surface area contributed by atoms with Gasteiger partial charge in [0.15, 0.2) is 0 Å². The molecule has 0 bridgehead atoms. The Bertz CT molecular complexity index is 180. The fourth-order valence-corrected chi connectivity index (χ4v) is 0.693. The van der Waals surface area contributed by atoms with Gasteiger partial charge in [0.25, 0.3) is 0 Å². The van der Waals surface area contributed by atoms with Crippen LogP contribution in [-0.2, 0) is 4.79 Å². The molecule has 0 aliphatic rings. The molecule has 0 saturated carbocycles. The molecule has 0 aliphatic heterocycles. The molecule has 14 heavy (non-hydrogen) atoms. The Morgan fingerprint density at radius 1 is 1.21 bits per heavy atom. The van der Waals surface area contributed by atoms with E-state index in [4.69, 9.17) is 26.2 Å². The van der Waals surface area contributed by atoms with Crippen LogP contribution >= 0.6 is 0 Å². The third-order valence-corrected chi connectivity index (χ3v) is 1.55. The number of hydrogen-bond donors (Lipinski definition) is 5. The molecule has 0 spiro atoms. The molecule has 8 heteroatoms. The molecule has 0 rings (SSSR count). The van der Waals surface area contributed by atoms with E-state index >= 15 is 0 Å². The second kappa shape index (κ2) is 7.55. The van der Waals surface area contributed by atoms with Gasteiger partial charge in [0.05, 0.1) is 12.1 Å². The topological polar surface area (TPSA) is 147 Å². The zero-order chi connectivity index (χ0) is 10.6. The van der Waals surface area contributed by atoms with Crippen molar-refractivity contribution in [3.63, 3.8) is 0 Å². The first-order valence-corrected chi connectivity index (χ1v) is 3.55. The molecule has 0 heterocycles. The number of nitrogens with two attached hydrogens (primary N) is 1. The number of aliphatic hydroxyl groups excluding tert-OH is 4. The number of rotatable bonds is 5. The fraction of sp³-hybridized carbons (Fsp3) is 0.833. The fourth-order valence-electron chi connectivity index (χ4n) is 0.693. The minimum Gasteiger partial charge on any atom is -0.547 e. The molecule has 0 aromatic carbocycles. The standard InChI is InChI=1S/C6H13NO6.Na/c7-1-2(8)3(9)4(10)5(11)6(12)13;/h2-5,8-11H,1,7H2,(H,12,13);/q;+1/p-1/t2-,3-,4+,5-;/m1./s1. The largest absolute Gasteiger partial charge is 1.00 e. The van der Waals surface area contributed by atoms with Crippen molar-refractivity contribution in [1.29, 1.82) is 0 Å². The van der Waals surface area contributed by atoms with Crippen LogP contribution in [0, 0.1) is 0 Å². The quantitative estimate of drug-likeness (QED) is 0.287. The summed E-state index contributed by atoms with van der Waals surface area (Å²) >= 11 is 0. The van der Waals surface area contributed by atoms with E-state index in [0.717, 1.165) is 0 Å². The van der Waals surface area contributed by atoms with E-state index in [0.29, 0.717) is 0 Å². The normalized spacial score (nSPS) is 18.9. The van der Waals surface area contributed by atoms with Crippen LogP contribution in [0.4, 0.5) is 0 Å². The molecule has 0 aromatic rings. The van der Waals surface area contributed by atoms with Crippen LogP contribution < -0.4 is 40.4 Å². The van der Waals surface area contributed by atoms with Gasteiger partial charge in [-0.1, -0.05) is 0 Å². The zero-order valence-electron chi connectivity index (χ0n) is 7.70. The van der Waals surface area contributed by atoms with E-state index in [-0.39, 0.29) is 36.1 Å². The van der Waals surface area contributed by atoms with E-state index in [1.54, 1.807) is 0 Å². The molecule has 78 valence electrons. The summed E-state index contributed by atoms with van der Waals surface area (Å²) in [5.74, 6) is -1.93. The molecular formula is C6H12NNaO6. The van der Waals surface area contributed by atoms with Crippen molar-refractivity contribution in [1.82, 2.24) is 0 Å². The van der Waals surface area contributed by atoms with Gasteiger partial charge in [-0.15, -0.1) is 0 Å². The number of carbonyl (C=O) groups excluding carboxylic acids is 1. The predicted molar refractivity (Wildman–Crippen MR) is 38.1 cm³/mol. The molecule has 0 aliphatic carbocycles. The molecule has 0 aromatic heterocycles. The van der Waals surface area contributed by atoms with E-state index in [9.17, 15) is 9.90 Å². The molecule has 0 saturated heterocycles.